The Morgan fingerprint density at radius 2 is 2.12 bits per heavy atom. The van der Waals surface area contributed by atoms with Crippen molar-refractivity contribution in [3.63, 3.8) is 0 Å². The standard InChI is InChI=1S/C15H17N7OS/c1-11(23)22-4-2-21(3-5-22)9-12-6-14(19-10-18-12)20-15-17-8-13(7-16)24-15/h6,8,10H,2-5,9H2,1H3,(H,17,18,19,20). The molecule has 1 amide bonds. The Hall–Kier alpha value is -2.57. The van der Waals surface area contributed by atoms with Gasteiger partial charge in [-0.05, 0) is 0 Å². The van der Waals surface area contributed by atoms with E-state index >= 15 is 0 Å². The van der Waals surface area contributed by atoms with Crippen LogP contribution >= 0.6 is 11.3 Å². The molecule has 0 spiro atoms. The van der Waals surface area contributed by atoms with Gasteiger partial charge in [-0.2, -0.15) is 5.26 Å². The highest BCUT2D eigenvalue weighted by molar-refractivity contribution is 7.16. The molecule has 2 aromatic heterocycles. The predicted octanol–water partition coefficient (Wildman–Crippen LogP) is 1.21. The largest absolute Gasteiger partial charge is 0.340 e. The van der Waals surface area contributed by atoms with E-state index < -0.39 is 0 Å². The molecule has 1 fully saturated rings. The van der Waals surface area contributed by atoms with Gasteiger partial charge in [0, 0.05) is 45.7 Å². The first kappa shape index (κ1) is 16.3. The third-order valence-electron chi connectivity index (χ3n) is 3.78. The lowest BCUT2D eigenvalue weighted by Gasteiger charge is -2.33. The van der Waals surface area contributed by atoms with Gasteiger partial charge in [-0.3, -0.25) is 9.69 Å². The summed E-state index contributed by atoms with van der Waals surface area (Å²) in [5.41, 5.74) is 0.904. The SMILES string of the molecule is CC(=O)N1CCN(Cc2cc(Nc3ncc(C#N)s3)ncn2)CC1. The van der Waals surface area contributed by atoms with E-state index in [4.69, 9.17) is 5.26 Å². The molecule has 0 saturated carbocycles. The van der Waals surface area contributed by atoms with Gasteiger partial charge in [0.1, 0.15) is 23.1 Å². The first-order valence-corrected chi connectivity index (χ1v) is 8.37. The van der Waals surface area contributed by atoms with Crippen LogP contribution in [0.3, 0.4) is 0 Å². The van der Waals surface area contributed by atoms with Gasteiger partial charge in [0.2, 0.25) is 5.91 Å². The van der Waals surface area contributed by atoms with Gasteiger partial charge in [0.05, 0.1) is 11.9 Å². The maximum Gasteiger partial charge on any atom is 0.219 e. The fourth-order valence-electron chi connectivity index (χ4n) is 2.50. The summed E-state index contributed by atoms with van der Waals surface area (Å²) in [6, 6.07) is 3.94. The molecule has 0 aromatic carbocycles. The fraction of sp³-hybridized carbons (Fsp3) is 0.400. The van der Waals surface area contributed by atoms with E-state index in [-0.39, 0.29) is 5.91 Å². The molecule has 2 aromatic rings. The number of nitrogens with zero attached hydrogens (tertiary/aromatic N) is 6. The summed E-state index contributed by atoms with van der Waals surface area (Å²) in [5, 5.41) is 12.6. The van der Waals surface area contributed by atoms with Gasteiger partial charge in [-0.15, -0.1) is 0 Å². The monoisotopic (exact) mass is 343 g/mol. The molecule has 24 heavy (non-hydrogen) atoms. The second kappa shape index (κ2) is 7.33. The van der Waals surface area contributed by atoms with Crippen LogP contribution < -0.4 is 5.32 Å². The minimum atomic E-state index is 0.128. The van der Waals surface area contributed by atoms with Crippen molar-refractivity contribution in [2.45, 2.75) is 13.5 Å². The minimum absolute atomic E-state index is 0.128. The van der Waals surface area contributed by atoms with E-state index in [0.29, 0.717) is 22.4 Å². The Kier molecular flexibility index (Phi) is 4.98. The first-order valence-electron chi connectivity index (χ1n) is 7.56. The van der Waals surface area contributed by atoms with Crippen molar-refractivity contribution in [1.29, 1.82) is 5.26 Å². The molecule has 0 bridgehead atoms. The van der Waals surface area contributed by atoms with Crippen molar-refractivity contribution >= 4 is 28.2 Å². The molecule has 0 radical (unpaired) electrons. The summed E-state index contributed by atoms with van der Waals surface area (Å²) in [4.78, 5) is 28.7. The molecule has 1 N–H and O–H groups in total. The van der Waals surface area contributed by atoms with Crippen molar-refractivity contribution in [3.05, 3.63) is 29.2 Å². The maximum atomic E-state index is 11.4. The number of amides is 1. The van der Waals surface area contributed by atoms with Crippen molar-refractivity contribution in [1.82, 2.24) is 24.8 Å². The van der Waals surface area contributed by atoms with Crippen molar-refractivity contribution < 1.29 is 4.79 Å². The molecule has 1 saturated heterocycles. The molecular weight excluding hydrogens is 326 g/mol. The Labute approximate surface area is 143 Å². The van der Waals surface area contributed by atoms with Crippen LogP contribution in [0.1, 0.15) is 17.5 Å². The lowest BCUT2D eigenvalue weighted by Crippen LogP contribution is -2.47. The number of carbonyl (C=O) groups excluding carboxylic acids is 1. The molecular formula is C15H17N7OS. The summed E-state index contributed by atoms with van der Waals surface area (Å²) >= 11 is 1.28. The van der Waals surface area contributed by atoms with E-state index in [0.717, 1.165) is 31.9 Å². The number of rotatable bonds is 4. The highest BCUT2D eigenvalue weighted by Gasteiger charge is 2.19. The molecule has 1 aliphatic rings. The average molecular weight is 343 g/mol. The van der Waals surface area contributed by atoms with Crippen LogP contribution in [0.2, 0.25) is 0 Å². The van der Waals surface area contributed by atoms with E-state index in [1.807, 2.05) is 11.0 Å². The van der Waals surface area contributed by atoms with Crippen LogP contribution in [-0.4, -0.2) is 56.8 Å². The summed E-state index contributed by atoms with van der Waals surface area (Å²) < 4.78 is 0. The Morgan fingerprint density at radius 1 is 1.33 bits per heavy atom. The molecule has 3 heterocycles. The first-order chi connectivity index (χ1) is 11.6. The van der Waals surface area contributed by atoms with E-state index in [1.165, 1.54) is 23.9 Å². The number of aromatic nitrogens is 3. The van der Waals surface area contributed by atoms with Crippen LogP contribution in [0.15, 0.2) is 18.6 Å². The number of nitrogens with one attached hydrogen (secondary N) is 1. The summed E-state index contributed by atoms with van der Waals surface area (Å²) in [6.07, 6.45) is 3.05. The van der Waals surface area contributed by atoms with Crippen LogP contribution in [0.4, 0.5) is 10.9 Å². The third-order valence-corrected chi connectivity index (χ3v) is 4.60. The molecule has 0 aliphatic carbocycles. The zero-order valence-electron chi connectivity index (χ0n) is 13.3. The van der Waals surface area contributed by atoms with Crippen molar-refractivity contribution in [3.8, 4) is 6.07 Å². The second-order valence-corrected chi connectivity index (χ2v) is 6.47. The summed E-state index contributed by atoms with van der Waals surface area (Å²) in [7, 11) is 0. The zero-order valence-corrected chi connectivity index (χ0v) is 14.1. The van der Waals surface area contributed by atoms with Gasteiger partial charge < -0.3 is 10.2 Å². The fourth-order valence-corrected chi connectivity index (χ4v) is 3.12. The Morgan fingerprint density at radius 3 is 2.79 bits per heavy atom. The Bertz CT molecular complexity index is 761. The molecule has 0 atom stereocenters. The maximum absolute atomic E-state index is 11.4. The molecule has 124 valence electrons. The lowest BCUT2D eigenvalue weighted by atomic mass is 10.3. The van der Waals surface area contributed by atoms with Crippen molar-refractivity contribution in [2.24, 2.45) is 0 Å². The van der Waals surface area contributed by atoms with Gasteiger partial charge in [0.25, 0.3) is 0 Å². The molecule has 3 rings (SSSR count). The van der Waals surface area contributed by atoms with Crippen LogP contribution in [0.25, 0.3) is 0 Å². The van der Waals surface area contributed by atoms with Crippen LogP contribution in [0, 0.1) is 11.3 Å². The second-order valence-electron chi connectivity index (χ2n) is 5.44. The van der Waals surface area contributed by atoms with E-state index in [2.05, 4.69) is 31.2 Å². The normalized spacial score (nSPS) is 15.1. The number of hydrogen-bond donors (Lipinski definition) is 1. The van der Waals surface area contributed by atoms with Gasteiger partial charge in [0.15, 0.2) is 5.13 Å². The summed E-state index contributed by atoms with van der Waals surface area (Å²) in [5.74, 6) is 0.782. The van der Waals surface area contributed by atoms with Crippen LogP contribution in [0.5, 0.6) is 0 Å². The smallest absolute Gasteiger partial charge is 0.219 e. The third kappa shape index (κ3) is 4.04. The molecule has 1 aliphatic heterocycles. The number of thiazole rings is 1. The Balaban J connectivity index is 1.59. The van der Waals surface area contributed by atoms with Crippen molar-refractivity contribution in [2.75, 3.05) is 31.5 Å². The highest BCUT2D eigenvalue weighted by atomic mass is 32.1. The van der Waals surface area contributed by atoms with Gasteiger partial charge in [-0.25, -0.2) is 15.0 Å². The summed E-state index contributed by atoms with van der Waals surface area (Å²) in [6.45, 7) is 5.50. The van der Waals surface area contributed by atoms with E-state index in [1.54, 1.807) is 6.92 Å². The van der Waals surface area contributed by atoms with Gasteiger partial charge >= 0.3 is 0 Å². The number of piperazine rings is 1. The average Bonchev–Trinajstić information content (AvgIpc) is 3.03. The topological polar surface area (TPSA) is 98.0 Å². The number of nitriles is 1. The number of hydrogen-bond acceptors (Lipinski definition) is 8. The van der Waals surface area contributed by atoms with E-state index in [9.17, 15) is 4.79 Å². The molecule has 0 unspecified atom stereocenters. The molecule has 9 heteroatoms. The quantitative estimate of drug-likeness (QED) is 0.891. The number of anilines is 2. The zero-order chi connectivity index (χ0) is 16.9. The molecule has 8 nitrogen and oxygen atoms in total. The highest BCUT2D eigenvalue weighted by Crippen LogP contribution is 2.21. The van der Waals surface area contributed by atoms with Crippen LogP contribution in [-0.2, 0) is 11.3 Å². The number of carbonyl (C=O) groups is 1. The lowest BCUT2D eigenvalue weighted by molar-refractivity contribution is -0.130. The predicted molar refractivity (Wildman–Crippen MR) is 89.7 cm³/mol. The van der Waals surface area contributed by atoms with Gasteiger partial charge in [-0.1, -0.05) is 11.3 Å². The minimum Gasteiger partial charge on any atom is -0.340 e.